The molecule has 1 aliphatic rings. The topological polar surface area (TPSA) is 83.8 Å². The zero-order valence-corrected chi connectivity index (χ0v) is 11.0. The van der Waals surface area contributed by atoms with Crippen LogP contribution in [0.4, 0.5) is 0 Å². The van der Waals surface area contributed by atoms with E-state index >= 15 is 0 Å². The van der Waals surface area contributed by atoms with Crippen molar-refractivity contribution in [1.29, 1.82) is 0 Å². The third kappa shape index (κ3) is 2.08. The predicted molar refractivity (Wildman–Crippen MR) is 64.7 cm³/mol. The van der Waals surface area contributed by atoms with Crippen molar-refractivity contribution in [3.05, 3.63) is 12.7 Å². The quantitative estimate of drug-likeness (QED) is 0.424. The standard InChI is InChI=1S/C13H20O5/c1-5-12(4)7-18-11(16)13(12,17)10(15)6-9(14)8(2)3/h5,8-9,14,17H,1,6-7H2,2-4H3/t9?,12-,13+/m0/s1. The van der Waals surface area contributed by atoms with E-state index in [1.54, 1.807) is 13.8 Å². The van der Waals surface area contributed by atoms with E-state index in [1.807, 2.05) is 0 Å². The van der Waals surface area contributed by atoms with Crippen molar-refractivity contribution < 1.29 is 24.5 Å². The Kier molecular flexibility index (Phi) is 3.98. The van der Waals surface area contributed by atoms with E-state index < -0.39 is 28.9 Å². The summed E-state index contributed by atoms with van der Waals surface area (Å²) in [6.07, 6.45) is 0.161. The molecule has 0 aromatic rings. The van der Waals surface area contributed by atoms with Crippen LogP contribution in [0.15, 0.2) is 12.7 Å². The number of ketones is 1. The average Bonchev–Trinajstić information content (AvgIpc) is 2.55. The van der Waals surface area contributed by atoms with Gasteiger partial charge in [-0.05, 0) is 12.8 Å². The van der Waals surface area contributed by atoms with Crippen molar-refractivity contribution in [2.75, 3.05) is 6.61 Å². The Labute approximate surface area is 106 Å². The molecule has 1 heterocycles. The molecule has 0 aliphatic carbocycles. The zero-order valence-electron chi connectivity index (χ0n) is 11.0. The van der Waals surface area contributed by atoms with Gasteiger partial charge in [-0.3, -0.25) is 4.79 Å². The van der Waals surface area contributed by atoms with Crippen LogP contribution >= 0.6 is 0 Å². The lowest BCUT2D eigenvalue weighted by atomic mass is 9.72. The Balaban J connectivity index is 3.00. The Morgan fingerprint density at radius 3 is 2.61 bits per heavy atom. The number of carbonyl (C=O) groups excluding carboxylic acids is 2. The summed E-state index contributed by atoms with van der Waals surface area (Å²) in [6.45, 7) is 8.48. The lowest BCUT2D eigenvalue weighted by Crippen LogP contribution is -2.54. The number of ether oxygens (including phenoxy) is 1. The van der Waals surface area contributed by atoms with Gasteiger partial charge in [-0.15, -0.1) is 6.58 Å². The highest BCUT2D eigenvalue weighted by Crippen LogP contribution is 2.41. The minimum Gasteiger partial charge on any atom is -0.462 e. The van der Waals surface area contributed by atoms with E-state index in [-0.39, 0.29) is 18.9 Å². The summed E-state index contributed by atoms with van der Waals surface area (Å²) < 4.78 is 4.78. The van der Waals surface area contributed by atoms with Gasteiger partial charge in [0.25, 0.3) is 0 Å². The van der Waals surface area contributed by atoms with Crippen molar-refractivity contribution in [3.8, 4) is 0 Å². The number of esters is 1. The fourth-order valence-corrected chi connectivity index (χ4v) is 1.87. The summed E-state index contributed by atoms with van der Waals surface area (Å²) in [4.78, 5) is 23.7. The second-order valence-corrected chi connectivity index (χ2v) is 5.35. The molecular weight excluding hydrogens is 236 g/mol. The van der Waals surface area contributed by atoms with Gasteiger partial charge in [-0.1, -0.05) is 19.9 Å². The Morgan fingerprint density at radius 1 is 1.61 bits per heavy atom. The average molecular weight is 256 g/mol. The van der Waals surface area contributed by atoms with Crippen LogP contribution in [0.5, 0.6) is 0 Å². The van der Waals surface area contributed by atoms with Crippen molar-refractivity contribution in [2.45, 2.75) is 38.9 Å². The van der Waals surface area contributed by atoms with Crippen LogP contribution in [-0.2, 0) is 14.3 Å². The molecule has 0 bridgehead atoms. The minimum atomic E-state index is -2.25. The molecule has 1 fully saturated rings. The van der Waals surface area contributed by atoms with Gasteiger partial charge in [0.05, 0.1) is 11.5 Å². The fraction of sp³-hybridized carbons (Fsp3) is 0.692. The molecule has 3 atom stereocenters. The Morgan fingerprint density at radius 2 is 2.17 bits per heavy atom. The minimum absolute atomic E-state index is 0.0879. The molecule has 0 spiro atoms. The highest BCUT2D eigenvalue weighted by atomic mass is 16.6. The molecule has 1 aliphatic heterocycles. The summed E-state index contributed by atoms with van der Waals surface area (Å²) in [5.41, 5.74) is -3.40. The Bertz CT molecular complexity index is 376. The second-order valence-electron chi connectivity index (χ2n) is 5.35. The van der Waals surface area contributed by atoms with E-state index in [4.69, 9.17) is 4.74 Å². The number of aliphatic hydroxyl groups excluding tert-OH is 1. The third-order valence-electron chi connectivity index (χ3n) is 3.64. The largest absolute Gasteiger partial charge is 0.462 e. The molecule has 0 saturated carbocycles. The lowest BCUT2D eigenvalue weighted by Gasteiger charge is -2.31. The first-order chi connectivity index (χ1) is 8.19. The number of carbonyl (C=O) groups is 2. The number of cyclic esters (lactones) is 1. The monoisotopic (exact) mass is 256 g/mol. The van der Waals surface area contributed by atoms with E-state index in [2.05, 4.69) is 6.58 Å². The van der Waals surface area contributed by atoms with Crippen LogP contribution in [0.25, 0.3) is 0 Å². The number of hydrogen-bond donors (Lipinski definition) is 2. The highest BCUT2D eigenvalue weighted by Gasteiger charge is 2.62. The molecule has 0 radical (unpaired) electrons. The summed E-state index contributed by atoms with van der Waals surface area (Å²) in [6, 6.07) is 0. The van der Waals surface area contributed by atoms with Crippen molar-refractivity contribution in [3.63, 3.8) is 0 Å². The number of aliphatic hydroxyl groups is 2. The molecule has 1 rings (SSSR count). The molecule has 5 nitrogen and oxygen atoms in total. The van der Waals surface area contributed by atoms with Gasteiger partial charge in [0.2, 0.25) is 5.60 Å². The van der Waals surface area contributed by atoms with E-state index in [0.717, 1.165) is 0 Å². The predicted octanol–water partition coefficient (Wildman–Crippen LogP) is 0.443. The van der Waals surface area contributed by atoms with Gasteiger partial charge in [0.15, 0.2) is 5.78 Å². The maximum atomic E-state index is 12.1. The lowest BCUT2D eigenvalue weighted by molar-refractivity contribution is -0.164. The molecule has 1 unspecified atom stereocenters. The van der Waals surface area contributed by atoms with Gasteiger partial charge in [0, 0.05) is 6.42 Å². The molecule has 1 saturated heterocycles. The van der Waals surface area contributed by atoms with Crippen molar-refractivity contribution >= 4 is 11.8 Å². The first-order valence-corrected chi connectivity index (χ1v) is 5.93. The molecule has 2 N–H and O–H groups in total. The van der Waals surface area contributed by atoms with Gasteiger partial charge >= 0.3 is 5.97 Å². The van der Waals surface area contributed by atoms with Crippen LogP contribution in [0.1, 0.15) is 27.2 Å². The van der Waals surface area contributed by atoms with E-state index in [1.165, 1.54) is 13.0 Å². The van der Waals surface area contributed by atoms with Crippen LogP contribution in [0, 0.1) is 11.3 Å². The number of rotatable bonds is 5. The number of hydrogen-bond acceptors (Lipinski definition) is 5. The fourth-order valence-electron chi connectivity index (χ4n) is 1.87. The van der Waals surface area contributed by atoms with Crippen molar-refractivity contribution in [2.24, 2.45) is 11.3 Å². The summed E-state index contributed by atoms with van der Waals surface area (Å²) in [5, 5.41) is 20.1. The Hall–Kier alpha value is -1.20. The highest BCUT2D eigenvalue weighted by molar-refractivity contribution is 6.09. The summed E-state index contributed by atoms with van der Waals surface area (Å²) >= 11 is 0. The van der Waals surface area contributed by atoms with E-state index in [0.29, 0.717) is 0 Å². The number of Topliss-reactive ketones (excluding diaryl/α,β-unsaturated/α-hetero) is 1. The molecule has 0 aromatic carbocycles. The second kappa shape index (κ2) is 4.82. The molecular formula is C13H20O5. The normalized spacial score (nSPS) is 33.3. The van der Waals surface area contributed by atoms with Gasteiger partial charge < -0.3 is 14.9 Å². The van der Waals surface area contributed by atoms with Gasteiger partial charge in [0.1, 0.15) is 6.61 Å². The van der Waals surface area contributed by atoms with Crippen molar-refractivity contribution in [1.82, 2.24) is 0 Å². The molecule has 102 valence electrons. The van der Waals surface area contributed by atoms with Gasteiger partial charge in [-0.2, -0.15) is 0 Å². The third-order valence-corrected chi connectivity index (χ3v) is 3.64. The maximum Gasteiger partial charge on any atom is 0.347 e. The SMILES string of the molecule is C=C[C@@]1(C)COC(=O)[C@]1(O)C(=O)CC(O)C(C)C. The van der Waals surface area contributed by atoms with Crippen LogP contribution in [-0.4, -0.2) is 40.3 Å². The van der Waals surface area contributed by atoms with E-state index in [9.17, 15) is 19.8 Å². The molecule has 0 aromatic heterocycles. The smallest absolute Gasteiger partial charge is 0.347 e. The first-order valence-electron chi connectivity index (χ1n) is 5.93. The maximum absolute atomic E-state index is 12.1. The molecule has 18 heavy (non-hydrogen) atoms. The van der Waals surface area contributed by atoms with Gasteiger partial charge in [-0.25, -0.2) is 4.79 Å². The first kappa shape index (κ1) is 14.9. The van der Waals surface area contributed by atoms with Crippen LogP contribution in [0.3, 0.4) is 0 Å². The van der Waals surface area contributed by atoms with Crippen LogP contribution in [0.2, 0.25) is 0 Å². The summed E-state index contributed by atoms with van der Waals surface area (Å²) in [7, 11) is 0. The zero-order chi connectivity index (χ0) is 14.1. The summed E-state index contributed by atoms with van der Waals surface area (Å²) in [5.74, 6) is -1.83. The van der Waals surface area contributed by atoms with Crippen LogP contribution < -0.4 is 0 Å². The molecule has 0 amide bonds. The molecule has 5 heteroatoms.